The van der Waals surface area contributed by atoms with E-state index in [2.05, 4.69) is 33.8 Å². The smallest absolute Gasteiger partial charge is 0.396 e. The zero-order valence-corrected chi connectivity index (χ0v) is 21.9. The summed E-state index contributed by atoms with van der Waals surface area (Å²) in [6, 6.07) is 0. The molecule has 0 spiro atoms. The van der Waals surface area contributed by atoms with Gasteiger partial charge in [-0.1, -0.05) is 52.2 Å². The quantitative estimate of drug-likeness (QED) is 0.318. The van der Waals surface area contributed by atoms with Gasteiger partial charge < -0.3 is 5.11 Å². The van der Waals surface area contributed by atoms with E-state index in [9.17, 15) is 13.5 Å². The van der Waals surface area contributed by atoms with Crippen LogP contribution in [0.15, 0.2) is 11.6 Å². The van der Waals surface area contributed by atoms with Crippen LogP contribution in [0.4, 0.5) is 0 Å². The van der Waals surface area contributed by atoms with Gasteiger partial charge in [-0.3, -0.25) is 4.55 Å². The molecule has 0 aromatic rings. The third kappa shape index (κ3) is 4.96. The van der Waals surface area contributed by atoms with Crippen LogP contribution in [0, 0.1) is 46.3 Å². The van der Waals surface area contributed by atoms with Crippen molar-refractivity contribution in [2.45, 2.75) is 104 Å². The second-order valence-electron chi connectivity index (χ2n) is 12.6. The van der Waals surface area contributed by atoms with Gasteiger partial charge in [0.05, 0.1) is 6.10 Å². The molecule has 6 heteroatoms. The highest BCUT2D eigenvalue weighted by Gasteiger charge is 2.59. The number of rotatable bonds is 8. The highest BCUT2D eigenvalue weighted by molar-refractivity contribution is 7.80. The fourth-order valence-electron chi connectivity index (χ4n) is 8.94. The normalized spacial score (nSPS) is 42.6. The van der Waals surface area contributed by atoms with Crippen LogP contribution >= 0.6 is 0 Å². The molecule has 3 fully saturated rings. The molecule has 4 aliphatic rings. The zero-order valence-electron chi connectivity index (χ0n) is 21.1. The van der Waals surface area contributed by atoms with Crippen molar-refractivity contribution in [3.05, 3.63) is 11.6 Å². The van der Waals surface area contributed by atoms with Crippen LogP contribution in [0.5, 0.6) is 0 Å². The molecule has 0 bridgehead atoms. The van der Waals surface area contributed by atoms with Gasteiger partial charge in [0.1, 0.15) is 0 Å². The van der Waals surface area contributed by atoms with E-state index in [1.165, 1.54) is 44.1 Å². The largest absolute Gasteiger partial charge is 0.397 e. The monoisotopic (exact) mass is 482 g/mol. The lowest BCUT2D eigenvalue weighted by molar-refractivity contribution is -0.0560. The first kappa shape index (κ1) is 25.7. The summed E-state index contributed by atoms with van der Waals surface area (Å²) in [5.74, 6) is 4.19. The van der Waals surface area contributed by atoms with Crippen LogP contribution in [0.3, 0.4) is 0 Å². The van der Waals surface area contributed by atoms with E-state index in [-0.39, 0.29) is 5.41 Å². The molecule has 0 saturated heterocycles. The lowest BCUT2D eigenvalue weighted by Gasteiger charge is -2.58. The number of hydrogen-bond donors (Lipinski definition) is 2. The van der Waals surface area contributed by atoms with Crippen molar-refractivity contribution in [1.82, 2.24) is 0 Å². The summed E-state index contributed by atoms with van der Waals surface area (Å²) in [6.07, 6.45) is 14.3. The predicted octanol–water partition coefficient (Wildman–Crippen LogP) is 6.19. The third-order valence-electron chi connectivity index (χ3n) is 10.7. The molecule has 5 nitrogen and oxygen atoms in total. The molecule has 0 aliphatic heterocycles. The lowest BCUT2D eigenvalue weighted by atomic mass is 9.47. The summed E-state index contributed by atoms with van der Waals surface area (Å²) >= 11 is 0. The Bertz CT molecular complexity index is 837. The minimum Gasteiger partial charge on any atom is -0.396 e. The number of allylic oxidation sites excluding steroid dienone is 1. The molecule has 33 heavy (non-hydrogen) atoms. The maximum atomic E-state index is 11.2. The zero-order chi connectivity index (χ0) is 24.0. The first-order valence-corrected chi connectivity index (χ1v) is 14.8. The molecular weight excluding hydrogens is 436 g/mol. The number of fused-ring (bicyclic) bond motifs is 5. The van der Waals surface area contributed by atoms with E-state index < -0.39 is 16.5 Å². The summed E-state index contributed by atoms with van der Waals surface area (Å²) < 4.78 is 36.6. The first-order chi connectivity index (χ1) is 15.5. The Morgan fingerprint density at radius 1 is 1.09 bits per heavy atom. The van der Waals surface area contributed by atoms with Crippen LogP contribution in [-0.2, 0) is 14.6 Å². The Labute approximate surface area is 201 Å². The Hall–Kier alpha value is -0.430. The van der Waals surface area contributed by atoms with Crippen LogP contribution in [0.25, 0.3) is 0 Å². The second-order valence-corrected chi connectivity index (χ2v) is 13.6. The lowest BCUT2D eigenvalue weighted by Crippen LogP contribution is -2.51. The average molecular weight is 483 g/mol. The molecule has 0 amide bonds. The Morgan fingerprint density at radius 3 is 2.55 bits per heavy atom. The molecule has 190 valence electrons. The van der Waals surface area contributed by atoms with E-state index in [1.54, 1.807) is 0 Å². The summed E-state index contributed by atoms with van der Waals surface area (Å²) in [5, 5.41) is 9.33. The van der Waals surface area contributed by atoms with Crippen molar-refractivity contribution < 1.29 is 22.3 Å². The highest BCUT2D eigenvalue weighted by Crippen LogP contribution is 2.67. The minimum atomic E-state index is -4.39. The first-order valence-electron chi connectivity index (χ1n) is 13.4. The summed E-state index contributed by atoms with van der Waals surface area (Å²) in [4.78, 5) is 0. The van der Waals surface area contributed by atoms with Gasteiger partial charge in [0.25, 0.3) is 0 Å². The van der Waals surface area contributed by atoms with Crippen LogP contribution in [0.2, 0.25) is 0 Å². The van der Waals surface area contributed by atoms with Crippen molar-refractivity contribution in [3.63, 3.8) is 0 Å². The van der Waals surface area contributed by atoms with E-state index in [0.29, 0.717) is 36.7 Å². The molecular formula is C27H46O5S. The van der Waals surface area contributed by atoms with Gasteiger partial charge in [0, 0.05) is 6.61 Å². The third-order valence-corrected chi connectivity index (χ3v) is 11.3. The SMILES string of the molecule is CC(CO)CCC[C@@H](C)C1CCC2C3CC=C4C[C@@H](OS(=O)(=O)O)CCC4(C)C3CCC21C. The topological polar surface area (TPSA) is 83.8 Å². The Kier molecular flexibility index (Phi) is 7.43. The molecule has 4 aliphatic carbocycles. The predicted molar refractivity (Wildman–Crippen MR) is 131 cm³/mol. The molecule has 4 rings (SSSR count). The number of aliphatic hydroxyl groups is 1. The van der Waals surface area contributed by atoms with Crippen molar-refractivity contribution >= 4 is 10.4 Å². The summed E-state index contributed by atoms with van der Waals surface area (Å²) in [7, 11) is -4.39. The van der Waals surface area contributed by atoms with Crippen molar-refractivity contribution in [1.29, 1.82) is 0 Å². The number of aliphatic hydroxyl groups excluding tert-OH is 1. The van der Waals surface area contributed by atoms with Gasteiger partial charge in [-0.15, -0.1) is 0 Å². The molecule has 7 unspecified atom stereocenters. The maximum absolute atomic E-state index is 11.2. The Morgan fingerprint density at radius 2 is 1.85 bits per heavy atom. The molecule has 0 aromatic carbocycles. The average Bonchev–Trinajstić information content (AvgIpc) is 3.10. The van der Waals surface area contributed by atoms with Gasteiger partial charge >= 0.3 is 10.4 Å². The van der Waals surface area contributed by atoms with Crippen molar-refractivity contribution in [2.75, 3.05) is 6.61 Å². The van der Waals surface area contributed by atoms with E-state index >= 15 is 0 Å². The van der Waals surface area contributed by atoms with Crippen molar-refractivity contribution in [2.24, 2.45) is 46.3 Å². The summed E-state index contributed by atoms with van der Waals surface area (Å²) in [6.45, 7) is 9.94. The fourth-order valence-corrected chi connectivity index (χ4v) is 9.45. The Balaban J connectivity index is 1.45. The summed E-state index contributed by atoms with van der Waals surface area (Å²) in [5.41, 5.74) is 1.96. The molecule has 0 aromatic heterocycles. The second kappa shape index (κ2) is 9.55. The van der Waals surface area contributed by atoms with Crippen LogP contribution < -0.4 is 0 Å². The molecule has 0 radical (unpaired) electrons. The molecule has 3 saturated carbocycles. The van der Waals surface area contributed by atoms with E-state index in [0.717, 1.165) is 42.9 Å². The van der Waals surface area contributed by atoms with Gasteiger partial charge in [-0.05, 0) is 104 Å². The standard InChI is InChI=1S/C27H46O5S/c1-18(17-28)6-5-7-19(2)23-10-11-24-22-9-8-20-16-21(32-33(29,30)31)12-14-26(20,3)25(22)13-15-27(23,24)4/h8,18-19,21-25,28H,5-7,9-17H2,1-4H3,(H,29,30,31)/t18?,19-,21+,22?,23?,24?,25?,26?,27?/m1/s1. The number of hydrogen-bond acceptors (Lipinski definition) is 4. The van der Waals surface area contributed by atoms with Crippen LogP contribution in [0.1, 0.15) is 98.3 Å². The van der Waals surface area contributed by atoms with Crippen LogP contribution in [-0.4, -0.2) is 30.8 Å². The van der Waals surface area contributed by atoms with E-state index in [1.807, 2.05) is 0 Å². The van der Waals surface area contributed by atoms with Gasteiger partial charge in [0.2, 0.25) is 0 Å². The maximum Gasteiger partial charge on any atom is 0.397 e. The minimum absolute atomic E-state index is 0.146. The van der Waals surface area contributed by atoms with Gasteiger partial charge in [-0.25, -0.2) is 4.18 Å². The van der Waals surface area contributed by atoms with E-state index in [4.69, 9.17) is 8.74 Å². The van der Waals surface area contributed by atoms with Gasteiger partial charge in [0.15, 0.2) is 0 Å². The highest BCUT2D eigenvalue weighted by atomic mass is 32.3. The fraction of sp³-hybridized carbons (Fsp3) is 0.926. The molecule has 9 atom stereocenters. The van der Waals surface area contributed by atoms with Gasteiger partial charge in [-0.2, -0.15) is 8.42 Å². The van der Waals surface area contributed by atoms with Crippen molar-refractivity contribution in [3.8, 4) is 0 Å². The molecule has 0 heterocycles. The molecule has 2 N–H and O–H groups in total.